The number of carboxylic acid groups (broad SMARTS) is 1. The summed E-state index contributed by atoms with van der Waals surface area (Å²) < 4.78 is 60.7. The summed E-state index contributed by atoms with van der Waals surface area (Å²) in [6.45, 7) is 4.14. The molecule has 226 valence electrons. The van der Waals surface area contributed by atoms with Gasteiger partial charge in [0.1, 0.15) is 29.9 Å². The average molecular weight is 599 g/mol. The van der Waals surface area contributed by atoms with E-state index in [-0.39, 0.29) is 47.6 Å². The molecule has 0 aliphatic carbocycles. The number of imidazole rings is 1. The van der Waals surface area contributed by atoms with Crippen molar-refractivity contribution < 1.29 is 37.3 Å². The molecule has 2 saturated heterocycles. The number of hydrogen-bond acceptors (Lipinski definition) is 9. The predicted octanol–water partition coefficient (Wildman–Crippen LogP) is 4.14. The lowest BCUT2D eigenvalue weighted by molar-refractivity contribution is -0.0593. The fourth-order valence-corrected chi connectivity index (χ4v) is 5.34. The van der Waals surface area contributed by atoms with E-state index in [9.17, 15) is 23.1 Å². The van der Waals surface area contributed by atoms with Crippen LogP contribution in [0.4, 0.5) is 13.2 Å². The summed E-state index contributed by atoms with van der Waals surface area (Å²) in [7, 11) is 0. The highest BCUT2D eigenvalue weighted by molar-refractivity contribution is 5.92. The molecular formula is C29H29F3N6O5. The number of pyridine rings is 1. The van der Waals surface area contributed by atoms with E-state index in [1.807, 2.05) is 4.57 Å². The van der Waals surface area contributed by atoms with Crippen molar-refractivity contribution in [1.29, 1.82) is 0 Å². The van der Waals surface area contributed by atoms with Crippen LogP contribution in [0.2, 0.25) is 0 Å². The van der Waals surface area contributed by atoms with Crippen molar-refractivity contribution in [2.45, 2.75) is 64.1 Å². The van der Waals surface area contributed by atoms with Gasteiger partial charge in [0.15, 0.2) is 17.5 Å². The van der Waals surface area contributed by atoms with Crippen LogP contribution in [0.5, 0.6) is 11.8 Å². The van der Waals surface area contributed by atoms with Crippen molar-refractivity contribution >= 4 is 17.0 Å². The molecule has 0 bridgehead atoms. The highest BCUT2D eigenvalue weighted by atomic mass is 19.1. The normalized spacial score (nSPS) is 20.6. The van der Waals surface area contributed by atoms with Gasteiger partial charge in [-0.1, -0.05) is 0 Å². The lowest BCUT2D eigenvalue weighted by Gasteiger charge is -2.37. The van der Waals surface area contributed by atoms with Crippen LogP contribution < -0.4 is 9.47 Å². The number of rotatable bonds is 10. The quantitative estimate of drug-likeness (QED) is 0.285. The van der Waals surface area contributed by atoms with Crippen molar-refractivity contribution in [3.8, 4) is 11.8 Å². The first-order valence-corrected chi connectivity index (χ1v) is 13.9. The van der Waals surface area contributed by atoms with Crippen molar-refractivity contribution in [3.05, 3.63) is 71.3 Å². The molecule has 0 saturated carbocycles. The second-order valence-electron chi connectivity index (χ2n) is 10.7. The van der Waals surface area contributed by atoms with Gasteiger partial charge in [0, 0.05) is 37.5 Å². The van der Waals surface area contributed by atoms with Crippen molar-refractivity contribution in [2.24, 2.45) is 0 Å². The average Bonchev–Trinajstić information content (AvgIpc) is 3.29. The van der Waals surface area contributed by atoms with Gasteiger partial charge in [-0.3, -0.25) is 4.90 Å². The molecule has 43 heavy (non-hydrogen) atoms. The van der Waals surface area contributed by atoms with Gasteiger partial charge in [-0.15, -0.1) is 0 Å². The van der Waals surface area contributed by atoms with Crippen molar-refractivity contribution in [1.82, 2.24) is 29.4 Å². The number of carbonyl (C=O) groups is 1. The molecule has 2 aliphatic rings. The Balaban J connectivity index is 1.11. The SMILES string of the molecule is C[C@H]1C[C@@H](Oc2ccnc(COc3ncc(F)cc3F)n2)CCN1Cc1nc2c(F)cc(C(=O)O)cc2n1CC1CCO1. The van der Waals surface area contributed by atoms with Crippen LogP contribution in [0.15, 0.2) is 36.7 Å². The zero-order chi connectivity index (χ0) is 30.1. The van der Waals surface area contributed by atoms with E-state index in [0.29, 0.717) is 62.4 Å². The van der Waals surface area contributed by atoms with Gasteiger partial charge in [0.2, 0.25) is 5.88 Å². The molecule has 0 amide bonds. The fraction of sp³-hybridized carbons (Fsp3) is 0.414. The van der Waals surface area contributed by atoms with Gasteiger partial charge in [-0.25, -0.2) is 32.9 Å². The third-order valence-corrected chi connectivity index (χ3v) is 7.70. The summed E-state index contributed by atoms with van der Waals surface area (Å²) in [5.74, 6) is -2.70. The number of halogens is 3. The number of fused-ring (bicyclic) bond motifs is 1. The molecule has 3 atom stereocenters. The van der Waals surface area contributed by atoms with Gasteiger partial charge in [-0.2, -0.15) is 4.98 Å². The Kier molecular flexibility index (Phi) is 8.13. The third-order valence-electron chi connectivity index (χ3n) is 7.70. The van der Waals surface area contributed by atoms with E-state index in [4.69, 9.17) is 14.2 Å². The molecule has 1 N–H and O–H groups in total. The molecule has 6 rings (SSSR count). The van der Waals surface area contributed by atoms with E-state index in [0.717, 1.165) is 18.7 Å². The summed E-state index contributed by atoms with van der Waals surface area (Å²) in [5.41, 5.74) is 0.458. The van der Waals surface area contributed by atoms with Crippen LogP contribution in [-0.2, 0) is 24.4 Å². The van der Waals surface area contributed by atoms with Crippen LogP contribution in [0.3, 0.4) is 0 Å². The lowest BCUT2D eigenvalue weighted by atomic mass is 10.0. The van der Waals surface area contributed by atoms with Crippen LogP contribution in [0.1, 0.15) is 48.2 Å². The summed E-state index contributed by atoms with van der Waals surface area (Å²) in [4.78, 5) is 30.5. The summed E-state index contributed by atoms with van der Waals surface area (Å²) in [6, 6.07) is 4.86. The topological polar surface area (TPSA) is 125 Å². The van der Waals surface area contributed by atoms with Crippen LogP contribution in [-0.4, -0.2) is 71.9 Å². The van der Waals surface area contributed by atoms with Gasteiger partial charge in [0.05, 0.1) is 36.5 Å². The highest BCUT2D eigenvalue weighted by Crippen LogP contribution is 2.28. The van der Waals surface area contributed by atoms with E-state index in [1.54, 1.807) is 6.07 Å². The van der Waals surface area contributed by atoms with Crippen molar-refractivity contribution in [3.63, 3.8) is 0 Å². The molecule has 2 fully saturated rings. The molecule has 1 aromatic carbocycles. The van der Waals surface area contributed by atoms with Crippen molar-refractivity contribution in [2.75, 3.05) is 13.2 Å². The van der Waals surface area contributed by atoms with Gasteiger partial charge in [0.25, 0.3) is 5.88 Å². The number of piperidine rings is 1. The molecule has 2 aliphatic heterocycles. The predicted molar refractivity (Wildman–Crippen MR) is 145 cm³/mol. The number of likely N-dealkylation sites (tertiary alicyclic amines) is 1. The molecule has 3 aromatic heterocycles. The maximum Gasteiger partial charge on any atom is 0.335 e. The number of benzene rings is 1. The van der Waals surface area contributed by atoms with E-state index >= 15 is 0 Å². The third kappa shape index (κ3) is 6.39. The molecule has 5 heterocycles. The Morgan fingerprint density at radius 2 is 1.98 bits per heavy atom. The van der Waals surface area contributed by atoms with Gasteiger partial charge < -0.3 is 23.9 Å². The van der Waals surface area contributed by atoms with E-state index in [1.165, 1.54) is 12.3 Å². The number of ether oxygens (including phenoxy) is 3. The minimum atomic E-state index is -1.20. The fourth-order valence-electron chi connectivity index (χ4n) is 5.34. The van der Waals surface area contributed by atoms with E-state index in [2.05, 4.69) is 31.8 Å². The minimum Gasteiger partial charge on any atom is -0.478 e. The van der Waals surface area contributed by atoms with E-state index < -0.39 is 23.4 Å². The smallest absolute Gasteiger partial charge is 0.335 e. The molecule has 0 radical (unpaired) electrons. The monoisotopic (exact) mass is 598 g/mol. The Morgan fingerprint density at radius 1 is 1.14 bits per heavy atom. The maximum atomic E-state index is 14.9. The van der Waals surface area contributed by atoms with Crippen LogP contribution >= 0.6 is 0 Å². The number of aromatic nitrogens is 5. The summed E-state index contributed by atoms with van der Waals surface area (Å²) in [5, 5.41) is 9.46. The summed E-state index contributed by atoms with van der Waals surface area (Å²) >= 11 is 0. The Bertz CT molecular complexity index is 1650. The molecule has 0 spiro atoms. The first-order valence-electron chi connectivity index (χ1n) is 13.9. The zero-order valence-electron chi connectivity index (χ0n) is 23.3. The zero-order valence-corrected chi connectivity index (χ0v) is 23.3. The standard InChI is InChI=1S/C29H29F3N6O5/c1-16-8-19(43-26-2-5-33-24(35-26)15-42-28-22(32)11-18(30)12-34-28)3-6-37(16)14-25-36-27-21(31)9-17(29(39)40)10-23(27)38(25)13-20-4-7-41-20/h2,5,9-12,16,19-20H,3-4,6-8,13-15H2,1H3,(H,39,40)/t16-,19-,20?/m0/s1. The summed E-state index contributed by atoms with van der Waals surface area (Å²) in [6.07, 6.45) is 4.45. The van der Waals surface area contributed by atoms with Crippen LogP contribution in [0, 0.1) is 17.5 Å². The lowest BCUT2D eigenvalue weighted by Crippen LogP contribution is -2.44. The number of hydrogen-bond donors (Lipinski definition) is 1. The van der Waals surface area contributed by atoms with Gasteiger partial charge in [-0.05, 0) is 38.3 Å². The second kappa shape index (κ2) is 12.1. The first-order chi connectivity index (χ1) is 20.7. The molecule has 1 unspecified atom stereocenters. The molecule has 4 aromatic rings. The Morgan fingerprint density at radius 3 is 2.70 bits per heavy atom. The number of carboxylic acids is 1. The van der Waals surface area contributed by atoms with Gasteiger partial charge >= 0.3 is 5.97 Å². The Labute approximate surface area is 244 Å². The first kappa shape index (κ1) is 28.8. The Hall–Kier alpha value is -4.30. The van der Waals surface area contributed by atoms with Crippen LogP contribution in [0.25, 0.3) is 11.0 Å². The maximum absolute atomic E-state index is 14.9. The molecule has 11 nitrogen and oxygen atoms in total. The minimum absolute atomic E-state index is 0.0293. The number of aromatic carboxylic acids is 1. The molecular weight excluding hydrogens is 569 g/mol. The second-order valence-corrected chi connectivity index (χ2v) is 10.7. The molecule has 14 heteroatoms. The largest absolute Gasteiger partial charge is 0.478 e. The number of nitrogens with zero attached hydrogens (tertiary/aromatic N) is 6. The highest BCUT2D eigenvalue weighted by Gasteiger charge is 2.30.